The molecule has 0 aromatic rings. The number of carbonyl (C=O) groups is 1. The SMILES string of the molecule is CN1C2CCC1CN(C(=O)C1(N)CCC1)CC2. The van der Waals surface area contributed by atoms with Gasteiger partial charge in [0.2, 0.25) is 5.91 Å². The number of hydrogen-bond acceptors (Lipinski definition) is 3. The maximum atomic E-state index is 12.4. The normalized spacial score (nSPS) is 36.5. The molecule has 1 amide bonds. The van der Waals surface area contributed by atoms with E-state index in [0.717, 1.165) is 38.8 Å². The molecule has 0 spiro atoms. The summed E-state index contributed by atoms with van der Waals surface area (Å²) >= 11 is 0. The summed E-state index contributed by atoms with van der Waals surface area (Å²) in [4.78, 5) is 16.9. The van der Waals surface area contributed by atoms with Gasteiger partial charge in [-0.2, -0.15) is 0 Å². The average molecular weight is 237 g/mol. The molecular weight excluding hydrogens is 214 g/mol. The molecule has 3 fully saturated rings. The minimum Gasteiger partial charge on any atom is -0.339 e. The lowest BCUT2D eigenvalue weighted by Gasteiger charge is -2.41. The number of nitrogens with zero attached hydrogens (tertiary/aromatic N) is 2. The Morgan fingerprint density at radius 2 is 1.94 bits per heavy atom. The molecule has 2 unspecified atom stereocenters. The van der Waals surface area contributed by atoms with Crippen LogP contribution in [0.15, 0.2) is 0 Å². The fraction of sp³-hybridized carbons (Fsp3) is 0.923. The number of hydrogen-bond donors (Lipinski definition) is 1. The third-order valence-corrected chi connectivity index (χ3v) is 5.11. The highest BCUT2D eigenvalue weighted by molar-refractivity contribution is 5.87. The molecule has 1 saturated carbocycles. The minimum absolute atomic E-state index is 0.213. The molecule has 17 heavy (non-hydrogen) atoms. The Hall–Kier alpha value is -0.610. The largest absolute Gasteiger partial charge is 0.339 e. The summed E-state index contributed by atoms with van der Waals surface area (Å²) in [6, 6.07) is 1.25. The molecule has 2 heterocycles. The first-order valence-corrected chi connectivity index (χ1v) is 6.90. The smallest absolute Gasteiger partial charge is 0.242 e. The molecule has 1 aliphatic carbocycles. The molecule has 2 atom stereocenters. The Morgan fingerprint density at radius 1 is 1.24 bits per heavy atom. The summed E-state index contributed by atoms with van der Waals surface area (Å²) in [6.07, 6.45) is 6.54. The van der Waals surface area contributed by atoms with Gasteiger partial charge in [0.15, 0.2) is 0 Å². The number of likely N-dealkylation sites (tertiary alicyclic amines) is 1. The van der Waals surface area contributed by atoms with Crippen LogP contribution in [0.4, 0.5) is 0 Å². The molecule has 2 N–H and O–H groups in total. The summed E-state index contributed by atoms with van der Waals surface area (Å²) in [7, 11) is 2.21. The van der Waals surface area contributed by atoms with Gasteiger partial charge < -0.3 is 10.6 Å². The maximum Gasteiger partial charge on any atom is 0.242 e. The molecule has 2 aliphatic heterocycles. The Morgan fingerprint density at radius 3 is 2.59 bits per heavy atom. The lowest BCUT2D eigenvalue weighted by molar-refractivity contribution is -0.140. The van der Waals surface area contributed by atoms with E-state index in [-0.39, 0.29) is 5.91 Å². The maximum absolute atomic E-state index is 12.4. The van der Waals surface area contributed by atoms with Gasteiger partial charge in [-0.15, -0.1) is 0 Å². The highest BCUT2D eigenvalue weighted by Crippen LogP contribution is 2.34. The van der Waals surface area contributed by atoms with E-state index in [4.69, 9.17) is 5.73 Å². The van der Waals surface area contributed by atoms with E-state index in [2.05, 4.69) is 11.9 Å². The molecular formula is C13H23N3O. The topological polar surface area (TPSA) is 49.6 Å². The Balaban J connectivity index is 1.70. The average Bonchev–Trinajstić information content (AvgIpc) is 2.49. The summed E-state index contributed by atoms with van der Waals surface area (Å²) in [5.41, 5.74) is 5.64. The summed E-state index contributed by atoms with van der Waals surface area (Å²) in [5, 5.41) is 0. The quantitative estimate of drug-likeness (QED) is 0.725. The molecule has 2 saturated heterocycles. The van der Waals surface area contributed by atoms with Gasteiger partial charge in [-0.05, 0) is 45.6 Å². The highest BCUT2D eigenvalue weighted by atomic mass is 16.2. The van der Waals surface area contributed by atoms with Crippen molar-refractivity contribution < 1.29 is 4.79 Å². The molecule has 4 heteroatoms. The van der Waals surface area contributed by atoms with Gasteiger partial charge in [0.1, 0.15) is 0 Å². The number of rotatable bonds is 1. The van der Waals surface area contributed by atoms with E-state index < -0.39 is 5.54 Å². The van der Waals surface area contributed by atoms with Crippen molar-refractivity contribution >= 4 is 5.91 Å². The van der Waals surface area contributed by atoms with Crippen molar-refractivity contribution in [1.29, 1.82) is 0 Å². The molecule has 0 radical (unpaired) electrons. The van der Waals surface area contributed by atoms with Gasteiger partial charge in [-0.25, -0.2) is 0 Å². The fourth-order valence-corrected chi connectivity index (χ4v) is 3.58. The van der Waals surface area contributed by atoms with Crippen LogP contribution in [0.5, 0.6) is 0 Å². The Bertz CT molecular complexity index is 327. The van der Waals surface area contributed by atoms with Crippen LogP contribution in [-0.4, -0.2) is 53.5 Å². The highest BCUT2D eigenvalue weighted by Gasteiger charge is 2.45. The number of amides is 1. The van der Waals surface area contributed by atoms with Crippen LogP contribution in [0.1, 0.15) is 38.5 Å². The van der Waals surface area contributed by atoms with Crippen LogP contribution in [0, 0.1) is 0 Å². The lowest BCUT2D eigenvalue weighted by Crippen LogP contribution is -2.60. The van der Waals surface area contributed by atoms with Gasteiger partial charge in [-0.3, -0.25) is 9.69 Å². The molecule has 0 aromatic heterocycles. The molecule has 3 rings (SSSR count). The van der Waals surface area contributed by atoms with Crippen molar-refractivity contribution in [3.05, 3.63) is 0 Å². The van der Waals surface area contributed by atoms with Gasteiger partial charge >= 0.3 is 0 Å². The van der Waals surface area contributed by atoms with Crippen molar-refractivity contribution in [3.8, 4) is 0 Å². The molecule has 2 bridgehead atoms. The van der Waals surface area contributed by atoms with Crippen molar-refractivity contribution in [2.24, 2.45) is 5.73 Å². The van der Waals surface area contributed by atoms with E-state index in [1.165, 1.54) is 12.8 Å². The van der Waals surface area contributed by atoms with Crippen LogP contribution in [-0.2, 0) is 4.79 Å². The van der Waals surface area contributed by atoms with Crippen LogP contribution in [0.2, 0.25) is 0 Å². The molecule has 0 aromatic carbocycles. The summed E-state index contributed by atoms with van der Waals surface area (Å²) in [5.74, 6) is 0.213. The molecule has 4 nitrogen and oxygen atoms in total. The zero-order valence-electron chi connectivity index (χ0n) is 10.7. The predicted molar refractivity (Wildman–Crippen MR) is 66.5 cm³/mol. The second-order valence-electron chi connectivity index (χ2n) is 6.10. The van der Waals surface area contributed by atoms with Crippen LogP contribution in [0.3, 0.4) is 0 Å². The minimum atomic E-state index is -0.512. The third kappa shape index (κ3) is 1.78. The van der Waals surface area contributed by atoms with E-state index >= 15 is 0 Å². The predicted octanol–water partition coefficient (Wildman–Crippen LogP) is 0.563. The van der Waals surface area contributed by atoms with Crippen LogP contribution >= 0.6 is 0 Å². The van der Waals surface area contributed by atoms with Crippen molar-refractivity contribution in [3.63, 3.8) is 0 Å². The molecule has 96 valence electrons. The van der Waals surface area contributed by atoms with Gasteiger partial charge in [-0.1, -0.05) is 0 Å². The second-order valence-corrected chi connectivity index (χ2v) is 6.10. The fourth-order valence-electron chi connectivity index (χ4n) is 3.58. The first-order valence-electron chi connectivity index (χ1n) is 6.90. The first kappa shape index (κ1) is 11.5. The summed E-state index contributed by atoms with van der Waals surface area (Å²) < 4.78 is 0. The van der Waals surface area contributed by atoms with Gasteiger partial charge in [0.25, 0.3) is 0 Å². The lowest BCUT2D eigenvalue weighted by atomic mass is 9.76. The van der Waals surface area contributed by atoms with E-state index in [1.807, 2.05) is 4.90 Å². The first-order chi connectivity index (χ1) is 8.10. The Labute approximate surface area is 103 Å². The second kappa shape index (κ2) is 3.95. The monoisotopic (exact) mass is 237 g/mol. The van der Waals surface area contributed by atoms with Crippen molar-refractivity contribution in [2.75, 3.05) is 20.1 Å². The molecule has 3 aliphatic rings. The van der Waals surface area contributed by atoms with Crippen LogP contribution < -0.4 is 5.73 Å². The zero-order chi connectivity index (χ0) is 12.0. The number of fused-ring (bicyclic) bond motifs is 2. The Kier molecular flexibility index (Phi) is 2.67. The number of nitrogens with two attached hydrogens (primary N) is 1. The van der Waals surface area contributed by atoms with Gasteiger partial charge in [0.05, 0.1) is 5.54 Å². The zero-order valence-corrected chi connectivity index (χ0v) is 10.7. The van der Waals surface area contributed by atoms with Gasteiger partial charge in [0, 0.05) is 25.2 Å². The standard InChI is InChI=1S/C13H23N3O/c1-15-10-3-4-11(15)9-16(8-5-10)12(17)13(14)6-2-7-13/h10-11H,2-9,14H2,1H3. The van der Waals surface area contributed by atoms with E-state index in [1.54, 1.807) is 0 Å². The van der Waals surface area contributed by atoms with E-state index in [9.17, 15) is 4.79 Å². The van der Waals surface area contributed by atoms with Crippen molar-refractivity contribution in [2.45, 2.75) is 56.1 Å². The summed E-state index contributed by atoms with van der Waals surface area (Å²) in [6.45, 7) is 1.80. The number of likely N-dealkylation sites (N-methyl/N-ethyl adjacent to an activating group) is 1. The third-order valence-electron chi connectivity index (χ3n) is 5.11. The van der Waals surface area contributed by atoms with Crippen molar-refractivity contribution in [1.82, 2.24) is 9.80 Å². The van der Waals surface area contributed by atoms with E-state index in [0.29, 0.717) is 12.1 Å². The van der Waals surface area contributed by atoms with Crippen LogP contribution in [0.25, 0.3) is 0 Å². The number of carbonyl (C=O) groups excluding carboxylic acids is 1.